The van der Waals surface area contributed by atoms with E-state index in [1.165, 1.54) is 12.1 Å². The molecular weight excluding hydrogens is 322 g/mol. The molecule has 2 rings (SSSR count). The van der Waals surface area contributed by atoms with E-state index in [-0.39, 0.29) is 18.1 Å². The number of methoxy groups -OCH3 is 1. The first-order valence-corrected chi connectivity index (χ1v) is 7.80. The van der Waals surface area contributed by atoms with Gasteiger partial charge in [-0.2, -0.15) is 0 Å². The van der Waals surface area contributed by atoms with Crippen molar-refractivity contribution in [1.29, 1.82) is 0 Å². The van der Waals surface area contributed by atoms with Crippen LogP contribution in [0.1, 0.15) is 28.4 Å². The highest BCUT2D eigenvalue weighted by Gasteiger charge is 2.16. The van der Waals surface area contributed by atoms with E-state index in [9.17, 15) is 9.59 Å². The van der Waals surface area contributed by atoms with E-state index >= 15 is 0 Å². The Hall–Kier alpha value is -2.86. The van der Waals surface area contributed by atoms with E-state index in [4.69, 9.17) is 14.6 Å². The van der Waals surface area contributed by atoms with Crippen molar-refractivity contribution in [3.05, 3.63) is 59.2 Å². The van der Waals surface area contributed by atoms with Gasteiger partial charge in [-0.25, -0.2) is 4.79 Å². The number of aryl methyl sites for hydroxylation is 1. The normalized spacial score (nSPS) is 11.6. The highest BCUT2D eigenvalue weighted by Crippen LogP contribution is 2.18. The van der Waals surface area contributed by atoms with Crippen molar-refractivity contribution in [2.45, 2.75) is 26.6 Å². The van der Waals surface area contributed by atoms with E-state index in [0.29, 0.717) is 5.69 Å². The summed E-state index contributed by atoms with van der Waals surface area (Å²) in [6.07, 6.45) is -0.695. The molecule has 25 heavy (non-hydrogen) atoms. The molecule has 2 N–H and O–H groups in total. The molecule has 6 heteroatoms. The van der Waals surface area contributed by atoms with Crippen LogP contribution in [0.4, 0.5) is 5.69 Å². The van der Waals surface area contributed by atoms with Crippen molar-refractivity contribution in [2.24, 2.45) is 0 Å². The van der Waals surface area contributed by atoms with E-state index < -0.39 is 12.1 Å². The summed E-state index contributed by atoms with van der Waals surface area (Å²) in [4.78, 5) is 23.3. The molecule has 1 amide bonds. The highest BCUT2D eigenvalue weighted by molar-refractivity contribution is 5.96. The molecule has 0 aromatic heterocycles. The number of carboxylic acid groups (broad SMARTS) is 1. The Bertz CT molecular complexity index is 772. The Kier molecular flexibility index (Phi) is 6.14. The second-order valence-corrected chi connectivity index (χ2v) is 5.63. The van der Waals surface area contributed by atoms with Crippen LogP contribution in [0.2, 0.25) is 0 Å². The Morgan fingerprint density at radius 3 is 2.64 bits per heavy atom. The predicted molar refractivity (Wildman–Crippen MR) is 94.0 cm³/mol. The van der Waals surface area contributed by atoms with Crippen LogP contribution in [0.25, 0.3) is 0 Å². The van der Waals surface area contributed by atoms with Gasteiger partial charge in [0, 0.05) is 5.69 Å². The number of carboxylic acids is 1. The minimum absolute atomic E-state index is 0.117. The van der Waals surface area contributed by atoms with Crippen LogP contribution >= 0.6 is 0 Å². The summed E-state index contributed by atoms with van der Waals surface area (Å²) in [6.45, 7) is 3.70. The number of amides is 1. The molecule has 6 nitrogen and oxygen atoms in total. The van der Waals surface area contributed by atoms with Crippen molar-refractivity contribution in [3.63, 3.8) is 0 Å². The Morgan fingerprint density at radius 1 is 1.20 bits per heavy atom. The lowest BCUT2D eigenvalue weighted by molar-refractivity contribution is -0.127. The van der Waals surface area contributed by atoms with Gasteiger partial charge in [0.2, 0.25) is 0 Å². The number of anilines is 1. The minimum atomic E-state index is -1.04. The molecular formula is C19H21NO5. The van der Waals surface area contributed by atoms with Gasteiger partial charge >= 0.3 is 5.97 Å². The maximum absolute atomic E-state index is 12.3. The van der Waals surface area contributed by atoms with E-state index in [2.05, 4.69) is 5.32 Å². The number of benzene rings is 2. The summed E-state index contributed by atoms with van der Waals surface area (Å²) in [5, 5.41) is 11.8. The second kappa shape index (κ2) is 8.30. The number of hydrogen-bond donors (Lipinski definition) is 2. The van der Waals surface area contributed by atoms with E-state index in [1.807, 2.05) is 24.3 Å². The maximum atomic E-state index is 12.3. The molecule has 0 aliphatic rings. The molecule has 0 heterocycles. The van der Waals surface area contributed by atoms with E-state index in [0.717, 1.165) is 16.9 Å². The smallest absolute Gasteiger partial charge is 0.335 e. The van der Waals surface area contributed by atoms with Crippen molar-refractivity contribution in [1.82, 2.24) is 0 Å². The standard InChI is InChI=1S/C19H21NO5/c1-12-7-8-15(19(22)23)10-17(12)20-18(21)13(2)25-11-14-5-4-6-16(9-14)24-3/h4-10,13H,11H2,1-3H3,(H,20,21)(H,22,23). The molecule has 132 valence electrons. The largest absolute Gasteiger partial charge is 0.497 e. The summed E-state index contributed by atoms with van der Waals surface area (Å²) in [6, 6.07) is 12.0. The van der Waals surface area contributed by atoms with Gasteiger partial charge in [0.05, 0.1) is 19.3 Å². The molecule has 1 atom stereocenters. The van der Waals surface area contributed by atoms with Crippen molar-refractivity contribution >= 4 is 17.6 Å². The van der Waals surface area contributed by atoms with Crippen LogP contribution in [0, 0.1) is 6.92 Å². The summed E-state index contributed by atoms with van der Waals surface area (Å²) in [5.74, 6) is -0.661. The first-order chi connectivity index (χ1) is 11.9. The molecule has 0 bridgehead atoms. The van der Waals surface area contributed by atoms with Crippen molar-refractivity contribution < 1.29 is 24.2 Å². The Morgan fingerprint density at radius 2 is 1.96 bits per heavy atom. The number of carbonyl (C=O) groups is 2. The fourth-order valence-corrected chi connectivity index (χ4v) is 2.18. The number of nitrogens with one attached hydrogen (secondary N) is 1. The lowest BCUT2D eigenvalue weighted by Gasteiger charge is -2.15. The highest BCUT2D eigenvalue weighted by atomic mass is 16.5. The van der Waals surface area contributed by atoms with Gasteiger partial charge < -0.3 is 19.9 Å². The van der Waals surface area contributed by atoms with Gasteiger partial charge in [-0.15, -0.1) is 0 Å². The third-order valence-electron chi connectivity index (χ3n) is 3.75. The second-order valence-electron chi connectivity index (χ2n) is 5.63. The van der Waals surface area contributed by atoms with Crippen LogP contribution in [0.15, 0.2) is 42.5 Å². The molecule has 1 unspecified atom stereocenters. The Balaban J connectivity index is 1.98. The van der Waals surface area contributed by atoms with Gasteiger partial charge in [0.15, 0.2) is 0 Å². The van der Waals surface area contributed by atoms with Crippen molar-refractivity contribution in [2.75, 3.05) is 12.4 Å². The zero-order valence-electron chi connectivity index (χ0n) is 14.4. The van der Waals surface area contributed by atoms with E-state index in [1.54, 1.807) is 27.0 Å². The van der Waals surface area contributed by atoms with Gasteiger partial charge in [0.1, 0.15) is 11.9 Å². The average molecular weight is 343 g/mol. The topological polar surface area (TPSA) is 84.9 Å². The number of aromatic carboxylic acids is 1. The Labute approximate surface area is 146 Å². The zero-order valence-corrected chi connectivity index (χ0v) is 14.4. The van der Waals surface area contributed by atoms with Crippen LogP contribution in [0.5, 0.6) is 5.75 Å². The number of carbonyl (C=O) groups excluding carboxylic acids is 1. The average Bonchev–Trinajstić information content (AvgIpc) is 2.61. The third-order valence-corrected chi connectivity index (χ3v) is 3.75. The molecule has 0 spiro atoms. The fourth-order valence-electron chi connectivity index (χ4n) is 2.18. The summed E-state index contributed by atoms with van der Waals surface area (Å²) in [5.41, 5.74) is 2.24. The number of rotatable bonds is 7. The molecule has 0 saturated heterocycles. The quantitative estimate of drug-likeness (QED) is 0.806. The van der Waals surface area contributed by atoms with Crippen LogP contribution in [-0.4, -0.2) is 30.2 Å². The summed E-state index contributed by atoms with van der Waals surface area (Å²) in [7, 11) is 1.59. The van der Waals surface area contributed by atoms with Gasteiger partial charge in [-0.05, 0) is 49.2 Å². The minimum Gasteiger partial charge on any atom is -0.497 e. The molecule has 2 aromatic rings. The maximum Gasteiger partial charge on any atom is 0.335 e. The lowest BCUT2D eigenvalue weighted by atomic mass is 10.1. The first-order valence-electron chi connectivity index (χ1n) is 7.80. The molecule has 0 saturated carbocycles. The van der Waals surface area contributed by atoms with Crippen molar-refractivity contribution in [3.8, 4) is 5.75 Å². The number of ether oxygens (including phenoxy) is 2. The van der Waals surface area contributed by atoms with Crippen LogP contribution in [0.3, 0.4) is 0 Å². The first kappa shape index (κ1) is 18.5. The summed E-state index contributed by atoms with van der Waals surface area (Å²) >= 11 is 0. The van der Waals surface area contributed by atoms with Crippen LogP contribution < -0.4 is 10.1 Å². The molecule has 0 aliphatic heterocycles. The van der Waals surface area contributed by atoms with Gasteiger partial charge in [-0.1, -0.05) is 18.2 Å². The summed E-state index contributed by atoms with van der Waals surface area (Å²) < 4.78 is 10.7. The molecule has 0 aliphatic carbocycles. The van der Waals surface area contributed by atoms with Crippen LogP contribution in [-0.2, 0) is 16.1 Å². The molecule has 0 fully saturated rings. The zero-order chi connectivity index (χ0) is 18.4. The van der Waals surface area contributed by atoms with Gasteiger partial charge in [-0.3, -0.25) is 4.79 Å². The van der Waals surface area contributed by atoms with Gasteiger partial charge in [0.25, 0.3) is 5.91 Å². The SMILES string of the molecule is COc1cccc(COC(C)C(=O)Nc2cc(C(=O)O)ccc2C)c1. The molecule has 0 radical (unpaired) electrons. The number of hydrogen-bond acceptors (Lipinski definition) is 4. The fraction of sp³-hybridized carbons (Fsp3) is 0.263. The molecule has 2 aromatic carbocycles. The predicted octanol–water partition coefficient (Wildman–Crippen LogP) is 3.25. The lowest BCUT2D eigenvalue weighted by Crippen LogP contribution is -2.28. The monoisotopic (exact) mass is 343 g/mol. The third kappa shape index (κ3) is 5.06.